The number of benzene rings is 2. The molecule has 3 heteroatoms. The zero-order valence-corrected chi connectivity index (χ0v) is 14.9. The van der Waals surface area contributed by atoms with Crippen molar-refractivity contribution in [3.8, 4) is 0 Å². The van der Waals surface area contributed by atoms with Crippen molar-refractivity contribution in [2.24, 2.45) is 0 Å². The Labute approximate surface area is 144 Å². The number of fused-ring (bicyclic) bond motifs is 1. The van der Waals surface area contributed by atoms with E-state index in [0.717, 1.165) is 19.5 Å². The average Bonchev–Trinajstić information content (AvgIpc) is 2.57. The maximum atomic E-state index is 12.4. The van der Waals surface area contributed by atoms with Crippen LogP contribution >= 0.6 is 0 Å². The molecule has 1 heterocycles. The Kier molecular flexibility index (Phi) is 5.00. The van der Waals surface area contributed by atoms with Gasteiger partial charge in [-0.1, -0.05) is 42.5 Å². The van der Waals surface area contributed by atoms with Crippen LogP contribution in [-0.2, 0) is 17.8 Å². The van der Waals surface area contributed by atoms with Crippen LogP contribution in [0.3, 0.4) is 0 Å². The number of aryl methyl sites for hydroxylation is 2. The molecule has 3 rings (SSSR count). The fourth-order valence-electron chi connectivity index (χ4n) is 3.43. The number of amides is 1. The summed E-state index contributed by atoms with van der Waals surface area (Å²) in [6.07, 6.45) is 1.06. The highest BCUT2D eigenvalue weighted by atomic mass is 16.2. The van der Waals surface area contributed by atoms with Gasteiger partial charge in [-0.2, -0.15) is 0 Å². The Balaban J connectivity index is 1.57. The van der Waals surface area contributed by atoms with Gasteiger partial charge in [-0.25, -0.2) is 0 Å². The molecule has 1 aliphatic heterocycles. The zero-order valence-electron chi connectivity index (χ0n) is 14.9. The van der Waals surface area contributed by atoms with E-state index in [-0.39, 0.29) is 11.9 Å². The molecule has 0 spiro atoms. The summed E-state index contributed by atoms with van der Waals surface area (Å²) in [6.45, 7) is 8.80. The van der Waals surface area contributed by atoms with E-state index in [4.69, 9.17) is 0 Å². The number of quaternary nitrogens is 1. The molecule has 0 saturated heterocycles. The van der Waals surface area contributed by atoms with Gasteiger partial charge in [0.1, 0.15) is 6.54 Å². The van der Waals surface area contributed by atoms with Crippen molar-refractivity contribution in [3.05, 3.63) is 70.3 Å². The molecule has 0 aromatic heterocycles. The standard InChI is InChI=1S/C21H26N2O/c1-15-8-9-19(12-16(15)2)17(3)22-21(24)14-23-11-10-18-6-4-5-7-20(18)13-23/h4-9,12,17H,10-11,13-14H2,1-3H3,(H,22,24)/p+1/t17-/m0/s1. The highest BCUT2D eigenvalue weighted by molar-refractivity contribution is 5.77. The molecule has 1 amide bonds. The minimum absolute atomic E-state index is 0.0493. The Morgan fingerprint density at radius 1 is 1.12 bits per heavy atom. The second-order valence-electron chi connectivity index (χ2n) is 7.01. The number of carbonyl (C=O) groups is 1. The minimum atomic E-state index is 0.0493. The summed E-state index contributed by atoms with van der Waals surface area (Å²) < 4.78 is 0. The van der Waals surface area contributed by atoms with Crippen LogP contribution in [0.5, 0.6) is 0 Å². The number of hydrogen-bond acceptors (Lipinski definition) is 1. The molecule has 2 aromatic rings. The predicted molar refractivity (Wildman–Crippen MR) is 97.0 cm³/mol. The smallest absolute Gasteiger partial charge is 0.275 e. The summed E-state index contributed by atoms with van der Waals surface area (Å²) in [7, 11) is 0. The Morgan fingerprint density at radius 2 is 1.88 bits per heavy atom. The van der Waals surface area contributed by atoms with Crippen LogP contribution in [0.25, 0.3) is 0 Å². The van der Waals surface area contributed by atoms with Gasteiger partial charge >= 0.3 is 0 Å². The largest absolute Gasteiger partial charge is 0.345 e. The van der Waals surface area contributed by atoms with E-state index < -0.39 is 0 Å². The van der Waals surface area contributed by atoms with Gasteiger partial charge in [-0.15, -0.1) is 0 Å². The van der Waals surface area contributed by atoms with Crippen molar-refractivity contribution < 1.29 is 9.69 Å². The normalized spacial score (nSPS) is 17.9. The molecule has 1 aliphatic rings. The highest BCUT2D eigenvalue weighted by Gasteiger charge is 2.22. The third kappa shape index (κ3) is 3.85. The SMILES string of the molecule is Cc1ccc([C@H](C)NC(=O)C[NH+]2CCc3ccccc3C2)cc1C. The lowest BCUT2D eigenvalue weighted by Gasteiger charge is -2.26. The van der Waals surface area contributed by atoms with Crippen LogP contribution in [0, 0.1) is 13.8 Å². The first-order valence-corrected chi connectivity index (χ1v) is 8.80. The predicted octanol–water partition coefficient (Wildman–Crippen LogP) is 2.12. The van der Waals surface area contributed by atoms with E-state index in [2.05, 4.69) is 68.6 Å². The summed E-state index contributed by atoms with van der Waals surface area (Å²) in [5, 5.41) is 3.15. The third-order valence-electron chi connectivity index (χ3n) is 5.13. The van der Waals surface area contributed by atoms with E-state index in [1.807, 2.05) is 0 Å². The Hall–Kier alpha value is -2.13. The molecule has 0 fully saturated rings. The number of rotatable bonds is 4. The summed E-state index contributed by atoms with van der Waals surface area (Å²) >= 11 is 0. The van der Waals surface area contributed by atoms with Crippen molar-refractivity contribution >= 4 is 5.91 Å². The van der Waals surface area contributed by atoms with Crippen molar-refractivity contribution in [2.45, 2.75) is 39.8 Å². The molecule has 1 unspecified atom stereocenters. The number of hydrogen-bond donors (Lipinski definition) is 2. The second-order valence-corrected chi connectivity index (χ2v) is 7.01. The second kappa shape index (κ2) is 7.18. The number of nitrogens with one attached hydrogen (secondary N) is 2. The van der Waals surface area contributed by atoms with Crippen LogP contribution in [0.15, 0.2) is 42.5 Å². The van der Waals surface area contributed by atoms with Crippen LogP contribution in [-0.4, -0.2) is 19.0 Å². The molecule has 3 nitrogen and oxygen atoms in total. The highest BCUT2D eigenvalue weighted by Crippen LogP contribution is 2.16. The molecule has 0 bridgehead atoms. The van der Waals surface area contributed by atoms with E-state index in [1.54, 1.807) is 0 Å². The molecule has 0 aliphatic carbocycles. The molecule has 2 N–H and O–H groups in total. The Bertz CT molecular complexity index is 738. The lowest BCUT2D eigenvalue weighted by atomic mass is 10.00. The summed E-state index contributed by atoms with van der Waals surface area (Å²) in [5.74, 6) is 0.134. The summed E-state index contributed by atoms with van der Waals surface area (Å²) in [5.41, 5.74) is 6.55. The van der Waals surface area contributed by atoms with E-state index >= 15 is 0 Å². The van der Waals surface area contributed by atoms with Gasteiger partial charge in [-0.05, 0) is 43.0 Å². The fourth-order valence-corrected chi connectivity index (χ4v) is 3.43. The summed E-state index contributed by atoms with van der Waals surface area (Å²) in [6, 6.07) is 15.0. The molecule has 126 valence electrons. The molecule has 24 heavy (non-hydrogen) atoms. The lowest BCUT2D eigenvalue weighted by Crippen LogP contribution is -3.12. The zero-order chi connectivity index (χ0) is 17.1. The van der Waals surface area contributed by atoms with Crippen molar-refractivity contribution in [1.82, 2.24) is 5.32 Å². The van der Waals surface area contributed by atoms with Gasteiger partial charge in [-0.3, -0.25) is 4.79 Å². The monoisotopic (exact) mass is 323 g/mol. The summed E-state index contributed by atoms with van der Waals surface area (Å²) in [4.78, 5) is 13.8. The lowest BCUT2D eigenvalue weighted by molar-refractivity contribution is -0.908. The van der Waals surface area contributed by atoms with Crippen LogP contribution in [0.1, 0.15) is 40.8 Å². The van der Waals surface area contributed by atoms with Crippen molar-refractivity contribution in [2.75, 3.05) is 13.1 Å². The quantitative estimate of drug-likeness (QED) is 0.888. The van der Waals surface area contributed by atoms with E-state index in [9.17, 15) is 4.79 Å². The van der Waals surface area contributed by atoms with Gasteiger partial charge < -0.3 is 10.2 Å². The minimum Gasteiger partial charge on any atom is -0.345 e. The first-order valence-electron chi connectivity index (χ1n) is 8.80. The van der Waals surface area contributed by atoms with Crippen LogP contribution < -0.4 is 10.2 Å². The van der Waals surface area contributed by atoms with E-state index in [0.29, 0.717) is 6.54 Å². The number of carbonyl (C=O) groups excluding carboxylic acids is 1. The Morgan fingerprint density at radius 3 is 2.62 bits per heavy atom. The third-order valence-corrected chi connectivity index (χ3v) is 5.13. The molecule has 2 aromatic carbocycles. The van der Waals surface area contributed by atoms with Crippen LogP contribution in [0.2, 0.25) is 0 Å². The van der Waals surface area contributed by atoms with Gasteiger partial charge in [0.05, 0.1) is 12.6 Å². The van der Waals surface area contributed by atoms with Crippen molar-refractivity contribution in [3.63, 3.8) is 0 Å². The van der Waals surface area contributed by atoms with Gasteiger partial charge in [0.2, 0.25) is 0 Å². The van der Waals surface area contributed by atoms with E-state index in [1.165, 1.54) is 32.7 Å². The van der Waals surface area contributed by atoms with Gasteiger partial charge in [0.25, 0.3) is 5.91 Å². The first kappa shape index (κ1) is 16.7. The fraction of sp³-hybridized carbons (Fsp3) is 0.381. The van der Waals surface area contributed by atoms with Crippen LogP contribution in [0.4, 0.5) is 0 Å². The van der Waals surface area contributed by atoms with Crippen molar-refractivity contribution in [1.29, 1.82) is 0 Å². The molecule has 0 radical (unpaired) electrons. The maximum absolute atomic E-state index is 12.4. The topological polar surface area (TPSA) is 33.5 Å². The van der Waals surface area contributed by atoms with Gasteiger partial charge in [0.15, 0.2) is 6.54 Å². The molecule has 0 saturated carbocycles. The maximum Gasteiger partial charge on any atom is 0.275 e. The molecular weight excluding hydrogens is 296 g/mol. The molecular formula is C21H27N2O+. The molecule has 2 atom stereocenters. The van der Waals surface area contributed by atoms with Gasteiger partial charge in [0, 0.05) is 12.0 Å². The first-order chi connectivity index (χ1) is 11.5. The average molecular weight is 323 g/mol.